The predicted octanol–water partition coefficient (Wildman–Crippen LogP) is 8.33. The third-order valence-electron chi connectivity index (χ3n) is 10.1. The van der Waals surface area contributed by atoms with Gasteiger partial charge in [0.25, 0.3) is 0 Å². The van der Waals surface area contributed by atoms with Crippen LogP contribution in [-0.4, -0.2) is 3.21 Å². The van der Waals surface area contributed by atoms with Crippen molar-refractivity contribution in [3.63, 3.8) is 0 Å². The third kappa shape index (κ3) is 13.1. The molecule has 312 valence electrons. The number of aryl methyl sites for hydroxylation is 2. The van der Waals surface area contributed by atoms with Crippen LogP contribution in [0.15, 0.2) is 91.0 Å². The molecule has 0 unspecified atom stereocenters. The van der Waals surface area contributed by atoms with Gasteiger partial charge in [0, 0.05) is 0 Å². The van der Waals surface area contributed by atoms with Crippen LogP contribution < -0.4 is 24.8 Å². The van der Waals surface area contributed by atoms with E-state index in [0.29, 0.717) is 8.62 Å². The van der Waals surface area contributed by atoms with E-state index in [1.54, 1.807) is 0 Å². The van der Waals surface area contributed by atoms with E-state index in [2.05, 4.69) is 125 Å². The molecule has 6 rings (SSSR count). The molecule has 0 spiro atoms. The quantitative estimate of drug-likeness (QED) is 0.123. The second kappa shape index (κ2) is 19.7. The molecule has 0 aliphatic heterocycles. The van der Waals surface area contributed by atoms with E-state index >= 15 is 0 Å². The Morgan fingerprint density at radius 2 is 1.12 bits per heavy atom. The molecule has 5 aromatic carbocycles. The summed E-state index contributed by atoms with van der Waals surface area (Å²) in [6, 6.07) is 29.1. The second-order valence-corrected chi connectivity index (χ2v) is 18.8. The average Bonchev–Trinajstić information content (AvgIpc) is 3.72. The van der Waals surface area contributed by atoms with Crippen LogP contribution in [0.1, 0.15) is 137 Å². The van der Waals surface area contributed by atoms with Crippen molar-refractivity contribution in [1.29, 1.82) is 0 Å². The molecule has 0 N–H and O–H groups in total. The first kappa shape index (κ1) is 51.3. The van der Waals surface area contributed by atoms with Crippen LogP contribution in [0.25, 0.3) is 11.1 Å². The minimum Gasteiger partial charge on any atom is -1.00 e. The Hall–Kier alpha value is -2.86. The zero-order chi connectivity index (χ0) is 42.0. The van der Waals surface area contributed by atoms with E-state index in [9.17, 15) is 26.3 Å². The van der Waals surface area contributed by atoms with E-state index in [1.807, 2.05) is 0 Å². The monoisotopic (exact) mass is 916 g/mol. The van der Waals surface area contributed by atoms with Crippen LogP contribution in [0.3, 0.4) is 0 Å². The van der Waals surface area contributed by atoms with Crippen LogP contribution in [0.2, 0.25) is 0 Å². The minimum atomic E-state index is -4.49. The first-order chi connectivity index (χ1) is 25.7. The Bertz CT molecular complexity index is 2030. The maximum Gasteiger partial charge on any atom is -1.00 e. The van der Waals surface area contributed by atoms with Crippen LogP contribution in [0, 0.1) is 6.07 Å². The van der Waals surface area contributed by atoms with Crippen molar-refractivity contribution in [2.75, 3.05) is 0 Å². The van der Waals surface area contributed by atoms with Crippen molar-refractivity contribution in [2.24, 2.45) is 0 Å². The second-order valence-electron chi connectivity index (χ2n) is 17.6. The minimum absolute atomic E-state index is 0. The van der Waals surface area contributed by atoms with Crippen LogP contribution in [0.5, 0.6) is 0 Å². The molecule has 0 nitrogen and oxygen atoms in total. The Morgan fingerprint density at radius 1 is 0.603 bits per heavy atom. The van der Waals surface area contributed by atoms with E-state index in [-0.39, 0.29) is 46.8 Å². The van der Waals surface area contributed by atoms with Gasteiger partial charge in [-0.05, 0) is 28.4 Å². The fraction of sp³-hybridized carbons (Fsp3) is 0.388. The van der Waals surface area contributed by atoms with Gasteiger partial charge >= 0.3 is 137 Å². The summed E-state index contributed by atoms with van der Waals surface area (Å²) in [6.07, 6.45) is -5.63. The molecule has 0 saturated heterocycles. The van der Waals surface area contributed by atoms with E-state index < -0.39 is 23.5 Å². The molecule has 58 heavy (non-hydrogen) atoms. The molecule has 1 aliphatic rings. The van der Waals surface area contributed by atoms with Crippen molar-refractivity contribution in [3.05, 3.63) is 158 Å². The van der Waals surface area contributed by atoms with Crippen molar-refractivity contribution in [2.45, 2.75) is 124 Å². The smallest absolute Gasteiger partial charge is 1.00 e. The molecule has 5 aromatic rings. The Kier molecular flexibility index (Phi) is 17.4. The Labute approximate surface area is 369 Å². The maximum atomic E-state index is 12.7. The zero-order valence-electron chi connectivity index (χ0n) is 35.3. The summed E-state index contributed by atoms with van der Waals surface area (Å²) >= 11 is 0.729. The molecule has 0 aromatic heterocycles. The fourth-order valence-corrected chi connectivity index (χ4v) is 7.48. The van der Waals surface area contributed by atoms with Crippen LogP contribution >= 0.6 is 0 Å². The Balaban J connectivity index is 0.000000305. The van der Waals surface area contributed by atoms with Gasteiger partial charge in [-0.2, -0.15) is 46.5 Å². The van der Waals surface area contributed by atoms with Crippen molar-refractivity contribution in [3.8, 4) is 11.1 Å². The zero-order valence-corrected chi connectivity index (χ0v) is 39.3. The molecule has 0 atom stereocenters. The van der Waals surface area contributed by atoms with E-state index in [4.69, 9.17) is 0 Å². The van der Waals surface area contributed by atoms with Crippen LogP contribution in [0.4, 0.5) is 26.3 Å². The molecule has 0 fully saturated rings. The van der Waals surface area contributed by atoms with Gasteiger partial charge in [-0.3, -0.25) is 0 Å². The topological polar surface area (TPSA) is 0 Å². The molecule has 0 saturated carbocycles. The largest absolute Gasteiger partial charge is 1.00 e. The molecule has 9 heteroatoms. The van der Waals surface area contributed by atoms with Crippen molar-refractivity contribution in [1.82, 2.24) is 0 Å². The standard InChI is InChI=1S/C21H25.C15H8F6.C13H21.2ClH.Zr/c1-20(2,3)16-7-9-18-14(12-16)11-15-13-17(21(4,5)6)8-10-19(15)18;16-14(17,18)12-5-1-3-10(8-12)7-11-4-2-6-13(9-11)15(19,20)21;1-6-10-8-11(7-2)12(9-10)13(3,4)5;;;/h7-10,12H,11H2,1-6H3;1-6,8-9H;8-9H,6-7H2,1-5H3;2*1H;/q-1;;-1;;;+2/p-2. The fourth-order valence-electron chi connectivity index (χ4n) is 6.71. The van der Waals surface area contributed by atoms with Gasteiger partial charge < -0.3 is 24.8 Å². The van der Waals surface area contributed by atoms with Gasteiger partial charge in [-0.1, -0.05) is 118 Å². The first-order valence-corrected chi connectivity index (χ1v) is 20.4. The maximum absolute atomic E-state index is 12.7. The van der Waals surface area contributed by atoms with Crippen LogP contribution in [-0.2, 0) is 72.1 Å². The number of benzene rings is 4. The molecular formula is C49H54Cl2F6Zr-2. The van der Waals surface area contributed by atoms with Gasteiger partial charge in [-0.25, -0.2) is 6.07 Å². The summed E-state index contributed by atoms with van der Waals surface area (Å²) in [7, 11) is 0. The van der Waals surface area contributed by atoms with E-state index in [0.717, 1.165) is 67.8 Å². The summed E-state index contributed by atoms with van der Waals surface area (Å²) < 4.78 is 76.7. The van der Waals surface area contributed by atoms with Gasteiger partial charge in [-0.15, -0.1) is 11.1 Å². The SMILES string of the molecule is CC(C)(C)c1[c-]c2c(cc1)-c1ccc(C(C)(C)C)cc1C2.CCc1cc(C(C)(C)C)c(CC)[cH-]1.FC(F)(F)c1cccc([C](=[Zr+2])c2cccc(C(F)(F)F)c2)c1.[Cl-].[Cl-]. The molecular weight excluding hydrogens is 865 g/mol. The number of fused-ring (bicyclic) bond motifs is 3. The summed E-state index contributed by atoms with van der Waals surface area (Å²) in [5.41, 5.74) is 12.5. The molecule has 0 amide bonds. The number of hydrogen-bond donors (Lipinski definition) is 0. The van der Waals surface area contributed by atoms with Crippen molar-refractivity contribution < 1.29 is 75.4 Å². The van der Waals surface area contributed by atoms with Gasteiger partial charge in [0.1, 0.15) is 0 Å². The van der Waals surface area contributed by atoms with Gasteiger partial charge in [0.2, 0.25) is 0 Å². The summed E-state index contributed by atoms with van der Waals surface area (Å²) in [4.78, 5) is 0. The van der Waals surface area contributed by atoms with Gasteiger partial charge in [0.05, 0.1) is 0 Å². The summed E-state index contributed by atoms with van der Waals surface area (Å²) in [5, 5.41) is 0. The summed E-state index contributed by atoms with van der Waals surface area (Å²) in [6.45, 7) is 24.9. The van der Waals surface area contributed by atoms with Gasteiger partial charge in [0.15, 0.2) is 0 Å². The van der Waals surface area contributed by atoms with Crippen molar-refractivity contribution >= 4 is 3.21 Å². The third-order valence-corrected chi connectivity index (χ3v) is 11.5. The number of alkyl halides is 6. The molecule has 1 aliphatic carbocycles. The molecule has 0 bridgehead atoms. The first-order valence-electron chi connectivity index (χ1n) is 19.2. The average molecular weight is 919 g/mol. The number of rotatable bonds is 4. The number of hydrogen-bond acceptors (Lipinski definition) is 0. The van der Waals surface area contributed by atoms with E-state index in [1.165, 1.54) is 74.3 Å². The number of halogens is 8. The normalized spacial score (nSPS) is 12.5. The summed E-state index contributed by atoms with van der Waals surface area (Å²) in [5.74, 6) is 0. The molecule has 0 heterocycles. The predicted molar refractivity (Wildman–Crippen MR) is 217 cm³/mol. The Morgan fingerprint density at radius 3 is 1.53 bits per heavy atom. The molecule has 0 radical (unpaired) electrons.